The van der Waals surface area contributed by atoms with Gasteiger partial charge in [0.05, 0.1) is 32.8 Å². The molecule has 0 saturated carbocycles. The van der Waals surface area contributed by atoms with Crippen LogP contribution in [0.25, 0.3) is 0 Å². The van der Waals surface area contributed by atoms with Crippen molar-refractivity contribution in [3.05, 3.63) is 170 Å². The number of aliphatic hydroxyl groups excluding tert-OH is 1. The van der Waals surface area contributed by atoms with E-state index in [1.54, 1.807) is 12.2 Å². The minimum Gasteiger partial charge on any atom is -0.462 e. The van der Waals surface area contributed by atoms with Gasteiger partial charge < -0.3 is 33.8 Å². The van der Waals surface area contributed by atoms with E-state index in [1.165, 1.54) is 25.7 Å². The second-order valence-electron chi connectivity index (χ2n) is 25.5. The van der Waals surface area contributed by atoms with Gasteiger partial charge in [-0.1, -0.05) is 275 Å². The molecule has 0 aromatic carbocycles. The molecular weight excluding hydrogens is 1350 g/mol. The first-order valence-electron chi connectivity index (χ1n) is 39.4. The Morgan fingerprint density at radius 3 is 0.865 bits per heavy atom. The third kappa shape index (κ3) is 74.7. The number of hydrogen-bond acceptors (Lipinski definition) is 15. The number of unbranched alkanes of at least 4 members (excludes halogenated alkanes) is 19. The van der Waals surface area contributed by atoms with Crippen LogP contribution in [0.2, 0.25) is 0 Å². The zero-order valence-electron chi connectivity index (χ0n) is 64.4. The highest BCUT2D eigenvalue weighted by Gasteiger charge is 2.30. The molecule has 0 aliphatic carbocycles. The molecule has 0 fully saturated rings. The molecule has 0 saturated heterocycles. The van der Waals surface area contributed by atoms with E-state index >= 15 is 0 Å². The Balaban J connectivity index is 5.46. The summed E-state index contributed by atoms with van der Waals surface area (Å²) in [7, 11) is -10.0. The van der Waals surface area contributed by atoms with Gasteiger partial charge in [-0.2, -0.15) is 0 Å². The average Bonchev–Trinajstić information content (AvgIpc) is 0.925. The van der Waals surface area contributed by atoms with E-state index in [1.807, 2.05) is 12.2 Å². The van der Waals surface area contributed by atoms with Gasteiger partial charge in [-0.3, -0.25) is 37.3 Å². The van der Waals surface area contributed by atoms with Crippen molar-refractivity contribution in [1.29, 1.82) is 0 Å². The summed E-state index contributed by atoms with van der Waals surface area (Å²) < 4.78 is 68.4. The summed E-state index contributed by atoms with van der Waals surface area (Å²) in [6.07, 6.45) is 89.4. The van der Waals surface area contributed by atoms with Crippen LogP contribution in [0.3, 0.4) is 0 Å². The fourth-order valence-corrected chi connectivity index (χ4v) is 11.4. The Labute approximate surface area is 629 Å². The number of carbonyl (C=O) groups excluding carboxylic acids is 4. The van der Waals surface area contributed by atoms with Crippen LogP contribution in [0, 0.1) is 0 Å². The van der Waals surface area contributed by atoms with Gasteiger partial charge in [-0.15, -0.1) is 0 Å². The summed E-state index contributed by atoms with van der Waals surface area (Å²) in [4.78, 5) is 72.9. The molecule has 104 heavy (non-hydrogen) atoms. The number of phosphoric acid groups is 2. The highest BCUT2D eigenvalue weighted by atomic mass is 31.2. The van der Waals surface area contributed by atoms with Crippen LogP contribution in [-0.4, -0.2) is 96.7 Å². The van der Waals surface area contributed by atoms with Gasteiger partial charge >= 0.3 is 39.5 Å². The first-order chi connectivity index (χ1) is 50.7. The lowest BCUT2D eigenvalue weighted by Gasteiger charge is -2.21. The zero-order valence-corrected chi connectivity index (χ0v) is 66.2. The quantitative estimate of drug-likeness (QED) is 0.0169. The number of aliphatic hydroxyl groups is 1. The van der Waals surface area contributed by atoms with Gasteiger partial charge in [0.1, 0.15) is 19.3 Å². The van der Waals surface area contributed by atoms with Crippen LogP contribution in [-0.2, 0) is 65.4 Å². The maximum atomic E-state index is 13.1. The molecule has 590 valence electrons. The van der Waals surface area contributed by atoms with Gasteiger partial charge in [0.15, 0.2) is 12.2 Å². The second-order valence-corrected chi connectivity index (χ2v) is 28.4. The minimum absolute atomic E-state index is 0.0732. The van der Waals surface area contributed by atoms with Crippen molar-refractivity contribution in [3.8, 4) is 0 Å². The maximum Gasteiger partial charge on any atom is 0.472 e. The molecule has 0 aliphatic heterocycles. The van der Waals surface area contributed by atoms with Crippen molar-refractivity contribution in [1.82, 2.24) is 0 Å². The Morgan fingerprint density at radius 1 is 0.288 bits per heavy atom. The predicted octanol–water partition coefficient (Wildman–Crippen LogP) is 23.0. The number of carbonyl (C=O) groups is 4. The van der Waals surface area contributed by atoms with Gasteiger partial charge in [0, 0.05) is 19.3 Å². The fraction of sp³-hybridized carbons (Fsp3) is 0.624. The van der Waals surface area contributed by atoms with E-state index in [9.17, 15) is 43.2 Å². The van der Waals surface area contributed by atoms with Crippen molar-refractivity contribution >= 4 is 39.5 Å². The first-order valence-corrected chi connectivity index (χ1v) is 42.4. The van der Waals surface area contributed by atoms with E-state index in [2.05, 4.69) is 174 Å². The van der Waals surface area contributed by atoms with Gasteiger partial charge in [-0.25, -0.2) is 9.13 Å². The fourth-order valence-electron chi connectivity index (χ4n) is 9.80. The smallest absolute Gasteiger partial charge is 0.462 e. The SMILES string of the molecule is CC/C=C\C/C=C\C/C=C\C/C=C\C/C=C\CC(=O)OC(COC(=O)CCCCCC/C=C\C/C=C\C/C=C\C/C=C\CC)COP(=O)(O)OCC(O)COP(=O)(O)OCC(COC(=O)CCCCCCCC/C=C\C/C=C\C/C=C\C/C=C\CC)OC(=O)CCCCCCC/C=C\CCCCCC. The summed E-state index contributed by atoms with van der Waals surface area (Å²) in [6.45, 7) is 4.33. The van der Waals surface area contributed by atoms with Gasteiger partial charge in [0.25, 0.3) is 0 Å². The molecule has 0 rings (SSSR count). The number of ether oxygens (including phenoxy) is 4. The Hall–Kier alpha value is -5.58. The number of rotatable bonds is 72. The Kier molecular flexibility index (Phi) is 71.6. The van der Waals surface area contributed by atoms with Crippen molar-refractivity contribution in [3.63, 3.8) is 0 Å². The normalized spacial score (nSPS) is 14.8. The molecule has 0 aromatic rings. The second kappa shape index (κ2) is 75.6. The largest absolute Gasteiger partial charge is 0.472 e. The zero-order chi connectivity index (χ0) is 76.0. The standard InChI is InChI=1S/C85H138O17P2/c1-5-9-13-17-21-25-29-33-36-38-39-41-44-47-50-54-58-62-66-70-83(88)95-75-80(101-84(89)71-67-63-59-55-51-45-32-28-24-20-16-12-8-4)77-99-103(91,92)97-73-79(86)74-98-104(93,94)100-78-81(102-85(90)72-68-64-60-56-52-48-42-35-31-27-23-19-15-11-7-3)76-96-82(87)69-65-61-57-53-49-46-43-40-37-34-30-26-22-18-14-10-6-2/h9-11,13-15,21-23,25-28,32-37,39,41-43,46,52,56,64,68,79-81,86H,5-8,12,16-20,24,29-31,38,40,44-45,47-51,53-55,57-63,65-67,69-78H2,1-4H3,(H,91,92)(H,93,94)/b13-9-,14-10-,15-11-,25-21-,26-22-,27-23-,32-28-,36-33-,37-34-,41-39-,42-35-,46-43-,56-52-,68-64-. The Bertz CT molecular complexity index is 2640. The molecule has 5 unspecified atom stereocenters. The molecule has 0 spiro atoms. The topological polar surface area (TPSA) is 237 Å². The molecule has 0 aromatic heterocycles. The molecule has 0 aliphatic rings. The molecule has 0 bridgehead atoms. The van der Waals surface area contributed by atoms with Crippen LogP contribution in [0.1, 0.15) is 285 Å². The molecule has 0 heterocycles. The maximum absolute atomic E-state index is 13.1. The van der Waals surface area contributed by atoms with Gasteiger partial charge in [-0.05, 0) is 154 Å². The van der Waals surface area contributed by atoms with Crippen molar-refractivity contribution in [2.75, 3.05) is 39.6 Å². The number of hydrogen-bond donors (Lipinski definition) is 3. The third-order valence-electron chi connectivity index (χ3n) is 15.7. The van der Waals surface area contributed by atoms with Crippen LogP contribution >= 0.6 is 15.6 Å². The molecular formula is C85H138O17P2. The summed E-state index contributed by atoms with van der Waals surface area (Å²) in [5.74, 6) is -2.39. The highest BCUT2D eigenvalue weighted by molar-refractivity contribution is 7.47. The number of esters is 4. The molecule has 17 nitrogen and oxygen atoms in total. The first kappa shape index (κ1) is 98.4. The van der Waals surface area contributed by atoms with E-state index in [4.69, 9.17) is 37.0 Å². The highest BCUT2D eigenvalue weighted by Crippen LogP contribution is 2.45. The lowest BCUT2D eigenvalue weighted by molar-refractivity contribution is -0.161. The van der Waals surface area contributed by atoms with Crippen LogP contribution in [0.5, 0.6) is 0 Å². The van der Waals surface area contributed by atoms with E-state index in [0.29, 0.717) is 25.7 Å². The summed E-state index contributed by atoms with van der Waals surface area (Å²) in [5.41, 5.74) is 0. The minimum atomic E-state index is -5.01. The van der Waals surface area contributed by atoms with E-state index < -0.39 is 97.5 Å². The van der Waals surface area contributed by atoms with Crippen molar-refractivity contribution in [2.45, 2.75) is 303 Å². The summed E-state index contributed by atoms with van der Waals surface area (Å²) in [6, 6.07) is 0. The van der Waals surface area contributed by atoms with Gasteiger partial charge in [0.2, 0.25) is 0 Å². The van der Waals surface area contributed by atoms with Crippen LogP contribution in [0.4, 0.5) is 0 Å². The molecule has 0 amide bonds. The van der Waals surface area contributed by atoms with Crippen molar-refractivity contribution in [2.24, 2.45) is 0 Å². The molecule has 5 atom stereocenters. The lowest BCUT2D eigenvalue weighted by Crippen LogP contribution is -2.30. The molecule has 0 radical (unpaired) electrons. The summed E-state index contributed by atoms with van der Waals surface area (Å²) >= 11 is 0. The van der Waals surface area contributed by atoms with Crippen molar-refractivity contribution < 1.29 is 80.2 Å². The van der Waals surface area contributed by atoms with E-state index in [-0.39, 0.29) is 25.7 Å². The number of phosphoric ester groups is 2. The monoisotopic (exact) mass is 1490 g/mol. The Morgan fingerprint density at radius 2 is 0.538 bits per heavy atom. The van der Waals surface area contributed by atoms with Crippen LogP contribution < -0.4 is 0 Å². The summed E-state index contributed by atoms with van der Waals surface area (Å²) in [5, 5.41) is 10.6. The lowest BCUT2D eigenvalue weighted by atomic mass is 10.1. The molecule has 3 N–H and O–H groups in total. The van der Waals surface area contributed by atoms with Crippen LogP contribution in [0.15, 0.2) is 170 Å². The average molecular weight is 1490 g/mol. The molecule has 19 heteroatoms. The third-order valence-corrected chi connectivity index (χ3v) is 17.6. The predicted molar refractivity (Wildman–Crippen MR) is 426 cm³/mol. The van der Waals surface area contributed by atoms with E-state index in [0.717, 1.165) is 180 Å². The number of allylic oxidation sites excluding steroid dienone is 27.